The van der Waals surface area contributed by atoms with Gasteiger partial charge in [0.15, 0.2) is 0 Å². The van der Waals surface area contributed by atoms with E-state index in [9.17, 15) is 5.11 Å². The Labute approximate surface area is 99.4 Å². The number of aliphatic hydroxyl groups excluding tert-OH is 2. The van der Waals surface area contributed by atoms with Gasteiger partial charge in [-0.1, -0.05) is 32.4 Å². The minimum atomic E-state index is -0.557. The zero-order valence-electron chi connectivity index (χ0n) is 11.0. The molecule has 2 heteroatoms. The van der Waals surface area contributed by atoms with Crippen molar-refractivity contribution in [2.45, 2.75) is 53.1 Å². The van der Waals surface area contributed by atoms with Crippen molar-refractivity contribution in [1.82, 2.24) is 0 Å². The monoisotopic (exact) mass is 226 g/mol. The molecule has 0 saturated carbocycles. The van der Waals surface area contributed by atoms with E-state index in [0.717, 1.165) is 12.8 Å². The maximum Gasteiger partial charge on any atom is 0.0796 e. The highest BCUT2D eigenvalue weighted by atomic mass is 16.3. The fraction of sp³-hybridized carbons (Fsp3) is 0.857. The molecule has 1 aliphatic carbocycles. The van der Waals surface area contributed by atoms with Crippen LogP contribution in [0.1, 0.15) is 47.0 Å². The molecular weight excluding hydrogens is 200 g/mol. The molecule has 0 aromatic carbocycles. The highest BCUT2D eigenvalue weighted by Gasteiger charge is 2.34. The maximum atomic E-state index is 9.52. The third-order valence-corrected chi connectivity index (χ3v) is 4.56. The summed E-state index contributed by atoms with van der Waals surface area (Å²) in [7, 11) is 0. The van der Waals surface area contributed by atoms with Crippen molar-refractivity contribution in [2.75, 3.05) is 6.61 Å². The summed E-state index contributed by atoms with van der Waals surface area (Å²) >= 11 is 0. The predicted octanol–water partition coefficient (Wildman–Crippen LogP) is 2.75. The molecule has 0 spiro atoms. The molecule has 3 atom stereocenters. The molecule has 2 N–H and O–H groups in total. The number of allylic oxidation sites excluding steroid dienone is 2. The Kier molecular flexibility index (Phi) is 4.57. The van der Waals surface area contributed by atoms with Crippen molar-refractivity contribution in [1.29, 1.82) is 0 Å². The lowest BCUT2D eigenvalue weighted by Gasteiger charge is -2.31. The lowest BCUT2D eigenvalue weighted by Crippen LogP contribution is -2.25. The van der Waals surface area contributed by atoms with Crippen LogP contribution in [0.4, 0.5) is 0 Å². The quantitative estimate of drug-likeness (QED) is 0.708. The van der Waals surface area contributed by atoms with E-state index in [1.54, 1.807) is 0 Å². The lowest BCUT2D eigenvalue weighted by atomic mass is 9.74. The van der Waals surface area contributed by atoms with Gasteiger partial charge in [-0.3, -0.25) is 0 Å². The van der Waals surface area contributed by atoms with Gasteiger partial charge in [-0.25, -0.2) is 0 Å². The van der Waals surface area contributed by atoms with E-state index in [-0.39, 0.29) is 12.5 Å². The summed E-state index contributed by atoms with van der Waals surface area (Å²) in [6.45, 7) is 8.73. The molecule has 0 saturated heterocycles. The molecule has 16 heavy (non-hydrogen) atoms. The Balaban J connectivity index is 2.41. The van der Waals surface area contributed by atoms with Crippen LogP contribution in [0.25, 0.3) is 0 Å². The van der Waals surface area contributed by atoms with Gasteiger partial charge in [-0.15, -0.1) is 0 Å². The molecular formula is C14H26O2. The molecule has 94 valence electrons. The molecule has 2 nitrogen and oxygen atoms in total. The van der Waals surface area contributed by atoms with E-state index in [1.165, 1.54) is 12.0 Å². The zero-order chi connectivity index (χ0) is 12.3. The van der Waals surface area contributed by atoms with E-state index >= 15 is 0 Å². The third kappa shape index (κ3) is 2.86. The van der Waals surface area contributed by atoms with Crippen LogP contribution in [0.15, 0.2) is 11.6 Å². The second-order valence-electron chi connectivity index (χ2n) is 5.85. The van der Waals surface area contributed by atoms with Gasteiger partial charge in [0.25, 0.3) is 0 Å². The molecule has 1 aliphatic rings. The SMILES string of the molecule is CC1=CCC(CCC(C)C(O)CO)C1(C)C. The Hall–Kier alpha value is -0.340. The summed E-state index contributed by atoms with van der Waals surface area (Å²) in [5.74, 6) is 0.891. The number of rotatable bonds is 5. The van der Waals surface area contributed by atoms with Crippen molar-refractivity contribution in [2.24, 2.45) is 17.3 Å². The molecule has 3 unspecified atom stereocenters. The second-order valence-corrected chi connectivity index (χ2v) is 5.85. The van der Waals surface area contributed by atoms with Crippen molar-refractivity contribution in [3.05, 3.63) is 11.6 Å². The Morgan fingerprint density at radius 2 is 2.12 bits per heavy atom. The summed E-state index contributed by atoms with van der Waals surface area (Å²) in [4.78, 5) is 0. The molecule has 0 aliphatic heterocycles. The van der Waals surface area contributed by atoms with Crippen LogP contribution >= 0.6 is 0 Å². The minimum Gasteiger partial charge on any atom is -0.394 e. The fourth-order valence-electron chi connectivity index (χ4n) is 2.51. The largest absolute Gasteiger partial charge is 0.394 e. The summed E-state index contributed by atoms with van der Waals surface area (Å²) in [5.41, 5.74) is 1.80. The second kappa shape index (κ2) is 5.33. The zero-order valence-corrected chi connectivity index (χ0v) is 11.0. The lowest BCUT2D eigenvalue weighted by molar-refractivity contribution is 0.0463. The minimum absolute atomic E-state index is 0.119. The summed E-state index contributed by atoms with van der Waals surface area (Å²) in [6, 6.07) is 0. The molecule has 0 aromatic heterocycles. The highest BCUT2D eigenvalue weighted by molar-refractivity contribution is 5.18. The molecule has 0 heterocycles. The van der Waals surface area contributed by atoms with Gasteiger partial charge >= 0.3 is 0 Å². The smallest absolute Gasteiger partial charge is 0.0796 e. The molecule has 0 amide bonds. The first-order chi connectivity index (χ1) is 7.39. The molecule has 0 fully saturated rings. The fourth-order valence-corrected chi connectivity index (χ4v) is 2.51. The number of hydrogen-bond acceptors (Lipinski definition) is 2. The first-order valence-corrected chi connectivity index (χ1v) is 6.35. The van der Waals surface area contributed by atoms with Crippen LogP contribution in [0.5, 0.6) is 0 Å². The van der Waals surface area contributed by atoms with E-state index in [0.29, 0.717) is 11.3 Å². The standard InChI is InChI=1S/C14H26O2/c1-10(13(16)9-15)5-7-12-8-6-11(2)14(12,3)4/h6,10,12-13,15-16H,5,7-9H2,1-4H3. The first-order valence-electron chi connectivity index (χ1n) is 6.35. The van der Waals surface area contributed by atoms with Crippen LogP contribution in [-0.2, 0) is 0 Å². The third-order valence-electron chi connectivity index (χ3n) is 4.56. The molecule has 0 bridgehead atoms. The van der Waals surface area contributed by atoms with Crippen molar-refractivity contribution in [3.8, 4) is 0 Å². The summed E-state index contributed by atoms with van der Waals surface area (Å²) < 4.78 is 0. The van der Waals surface area contributed by atoms with Gasteiger partial charge in [0, 0.05) is 0 Å². The van der Waals surface area contributed by atoms with Crippen LogP contribution < -0.4 is 0 Å². The Morgan fingerprint density at radius 1 is 1.50 bits per heavy atom. The topological polar surface area (TPSA) is 40.5 Å². The average Bonchev–Trinajstić information content (AvgIpc) is 2.50. The van der Waals surface area contributed by atoms with Gasteiger partial charge in [-0.05, 0) is 43.4 Å². The summed E-state index contributed by atoms with van der Waals surface area (Å²) in [5, 5.41) is 18.4. The predicted molar refractivity (Wildman–Crippen MR) is 67.1 cm³/mol. The van der Waals surface area contributed by atoms with Crippen LogP contribution in [-0.4, -0.2) is 22.9 Å². The highest BCUT2D eigenvalue weighted by Crippen LogP contribution is 2.45. The molecule has 0 aromatic rings. The van der Waals surface area contributed by atoms with Gasteiger partial charge in [0.2, 0.25) is 0 Å². The summed E-state index contributed by atoms with van der Waals surface area (Å²) in [6.07, 6.45) is 5.09. The van der Waals surface area contributed by atoms with Gasteiger partial charge < -0.3 is 10.2 Å². The van der Waals surface area contributed by atoms with Gasteiger partial charge in [-0.2, -0.15) is 0 Å². The Morgan fingerprint density at radius 3 is 2.56 bits per heavy atom. The average molecular weight is 226 g/mol. The molecule has 0 radical (unpaired) electrons. The van der Waals surface area contributed by atoms with E-state index in [1.807, 2.05) is 6.92 Å². The number of hydrogen-bond donors (Lipinski definition) is 2. The van der Waals surface area contributed by atoms with E-state index in [2.05, 4.69) is 26.8 Å². The number of aliphatic hydroxyl groups is 2. The van der Waals surface area contributed by atoms with Crippen molar-refractivity contribution < 1.29 is 10.2 Å². The maximum absolute atomic E-state index is 9.52. The van der Waals surface area contributed by atoms with Crippen LogP contribution in [0.2, 0.25) is 0 Å². The first kappa shape index (κ1) is 13.7. The van der Waals surface area contributed by atoms with Crippen molar-refractivity contribution >= 4 is 0 Å². The molecule has 1 rings (SSSR count). The van der Waals surface area contributed by atoms with E-state index < -0.39 is 6.10 Å². The van der Waals surface area contributed by atoms with Gasteiger partial charge in [0.05, 0.1) is 12.7 Å². The normalized spacial score (nSPS) is 27.6. The van der Waals surface area contributed by atoms with E-state index in [4.69, 9.17) is 5.11 Å². The van der Waals surface area contributed by atoms with Crippen LogP contribution in [0, 0.1) is 17.3 Å². The van der Waals surface area contributed by atoms with Crippen LogP contribution in [0.3, 0.4) is 0 Å². The van der Waals surface area contributed by atoms with Gasteiger partial charge in [0.1, 0.15) is 0 Å². The van der Waals surface area contributed by atoms with Crippen molar-refractivity contribution in [3.63, 3.8) is 0 Å². The Bertz CT molecular complexity index is 255.